The van der Waals surface area contributed by atoms with E-state index >= 15 is 0 Å². The second-order valence-electron chi connectivity index (χ2n) is 6.96. The van der Waals surface area contributed by atoms with E-state index in [-0.39, 0.29) is 11.7 Å². The first kappa shape index (κ1) is 21.5. The van der Waals surface area contributed by atoms with Crippen LogP contribution in [0.1, 0.15) is 27.1 Å². The SMILES string of the molecule is COc1cc(OC)cc(C(NC(=O)c2cnc(-c3ccccc3F)s2)c2nccn2C)c1. The molecular weight excluding hydrogens is 431 g/mol. The number of halogens is 1. The fourth-order valence-electron chi connectivity index (χ4n) is 3.29. The van der Waals surface area contributed by atoms with Crippen molar-refractivity contribution >= 4 is 17.2 Å². The van der Waals surface area contributed by atoms with Gasteiger partial charge >= 0.3 is 0 Å². The Balaban J connectivity index is 1.68. The topological polar surface area (TPSA) is 78.3 Å². The van der Waals surface area contributed by atoms with Crippen molar-refractivity contribution in [3.05, 3.63) is 83.1 Å². The number of hydrogen-bond acceptors (Lipinski definition) is 6. The normalized spacial score (nSPS) is 11.8. The molecule has 9 heteroatoms. The van der Waals surface area contributed by atoms with E-state index in [1.54, 1.807) is 50.9 Å². The Morgan fingerprint density at radius 3 is 2.47 bits per heavy atom. The van der Waals surface area contributed by atoms with E-state index in [4.69, 9.17) is 9.47 Å². The number of thiazole rings is 1. The molecule has 0 spiro atoms. The molecule has 7 nitrogen and oxygen atoms in total. The smallest absolute Gasteiger partial charge is 0.263 e. The summed E-state index contributed by atoms with van der Waals surface area (Å²) < 4.78 is 26.7. The summed E-state index contributed by atoms with van der Waals surface area (Å²) in [4.78, 5) is 22.2. The van der Waals surface area contributed by atoms with Crippen LogP contribution in [-0.4, -0.2) is 34.7 Å². The van der Waals surface area contributed by atoms with Gasteiger partial charge < -0.3 is 19.4 Å². The zero-order chi connectivity index (χ0) is 22.7. The predicted octanol–water partition coefficient (Wildman–Crippen LogP) is 4.22. The molecule has 1 amide bonds. The Morgan fingerprint density at radius 2 is 1.84 bits per heavy atom. The molecule has 0 bridgehead atoms. The number of rotatable bonds is 7. The number of benzene rings is 2. The van der Waals surface area contributed by atoms with Gasteiger partial charge in [0.2, 0.25) is 0 Å². The molecule has 0 aliphatic carbocycles. The van der Waals surface area contributed by atoms with Crippen LogP contribution in [0.25, 0.3) is 10.6 Å². The van der Waals surface area contributed by atoms with Crippen molar-refractivity contribution in [2.45, 2.75) is 6.04 Å². The number of nitrogens with one attached hydrogen (secondary N) is 1. The highest BCUT2D eigenvalue weighted by molar-refractivity contribution is 7.16. The molecular formula is C23H21FN4O3S. The third kappa shape index (κ3) is 4.33. The number of methoxy groups -OCH3 is 2. The Kier molecular flexibility index (Phi) is 6.18. The van der Waals surface area contributed by atoms with Crippen molar-refractivity contribution in [3.8, 4) is 22.1 Å². The van der Waals surface area contributed by atoms with Gasteiger partial charge in [-0.1, -0.05) is 12.1 Å². The highest BCUT2D eigenvalue weighted by Crippen LogP contribution is 2.31. The summed E-state index contributed by atoms with van der Waals surface area (Å²) >= 11 is 1.12. The van der Waals surface area contributed by atoms with Gasteiger partial charge in [-0.05, 0) is 29.8 Å². The molecule has 0 radical (unpaired) electrons. The molecule has 0 fully saturated rings. The van der Waals surface area contributed by atoms with Crippen LogP contribution in [0, 0.1) is 5.82 Å². The van der Waals surface area contributed by atoms with Gasteiger partial charge in [-0.3, -0.25) is 4.79 Å². The third-order valence-corrected chi connectivity index (χ3v) is 5.96. The minimum absolute atomic E-state index is 0.347. The molecule has 4 rings (SSSR count). The molecule has 0 aliphatic heterocycles. The average Bonchev–Trinajstić information content (AvgIpc) is 3.46. The summed E-state index contributed by atoms with van der Waals surface area (Å²) in [5.74, 6) is 1.08. The summed E-state index contributed by atoms with van der Waals surface area (Å²) in [6.45, 7) is 0. The molecule has 32 heavy (non-hydrogen) atoms. The predicted molar refractivity (Wildman–Crippen MR) is 120 cm³/mol. The van der Waals surface area contributed by atoms with Crippen LogP contribution in [0.3, 0.4) is 0 Å². The number of carbonyl (C=O) groups excluding carboxylic acids is 1. The van der Waals surface area contributed by atoms with Crippen molar-refractivity contribution in [1.29, 1.82) is 0 Å². The number of ether oxygens (including phenoxy) is 2. The van der Waals surface area contributed by atoms with E-state index in [0.29, 0.717) is 32.8 Å². The van der Waals surface area contributed by atoms with E-state index in [2.05, 4.69) is 15.3 Å². The second kappa shape index (κ2) is 9.19. The summed E-state index contributed by atoms with van der Waals surface area (Å²) in [7, 11) is 4.98. The molecule has 0 saturated carbocycles. The lowest BCUT2D eigenvalue weighted by atomic mass is 10.0. The molecule has 2 heterocycles. The molecule has 0 saturated heterocycles. The van der Waals surface area contributed by atoms with Crippen molar-refractivity contribution < 1.29 is 18.7 Å². The number of aryl methyl sites for hydroxylation is 1. The fraction of sp³-hybridized carbons (Fsp3) is 0.174. The number of hydrogen-bond donors (Lipinski definition) is 1. The van der Waals surface area contributed by atoms with Gasteiger partial charge in [0.1, 0.15) is 39.1 Å². The van der Waals surface area contributed by atoms with Crippen LogP contribution in [0.4, 0.5) is 4.39 Å². The van der Waals surface area contributed by atoms with Crippen LogP contribution in [-0.2, 0) is 7.05 Å². The Morgan fingerprint density at radius 1 is 1.12 bits per heavy atom. The molecule has 1 atom stereocenters. The number of carbonyl (C=O) groups is 1. The van der Waals surface area contributed by atoms with Gasteiger partial charge in [-0.2, -0.15) is 0 Å². The van der Waals surface area contributed by atoms with E-state index in [1.807, 2.05) is 23.7 Å². The third-order valence-electron chi connectivity index (χ3n) is 4.93. The Hall–Kier alpha value is -3.72. The molecule has 0 aliphatic rings. The summed E-state index contributed by atoms with van der Waals surface area (Å²) in [5.41, 5.74) is 1.09. The van der Waals surface area contributed by atoms with Gasteiger partial charge in [0.25, 0.3) is 5.91 Å². The lowest BCUT2D eigenvalue weighted by molar-refractivity contribution is 0.0945. The largest absolute Gasteiger partial charge is 0.497 e. The van der Waals surface area contributed by atoms with Crippen LogP contribution >= 0.6 is 11.3 Å². The first-order chi connectivity index (χ1) is 15.5. The van der Waals surface area contributed by atoms with E-state index < -0.39 is 6.04 Å². The van der Waals surface area contributed by atoms with E-state index in [1.165, 1.54) is 12.3 Å². The van der Waals surface area contributed by atoms with Gasteiger partial charge in [0.15, 0.2) is 0 Å². The van der Waals surface area contributed by atoms with E-state index in [0.717, 1.165) is 16.9 Å². The van der Waals surface area contributed by atoms with Gasteiger partial charge in [-0.15, -0.1) is 11.3 Å². The van der Waals surface area contributed by atoms with E-state index in [9.17, 15) is 9.18 Å². The zero-order valence-electron chi connectivity index (χ0n) is 17.7. The summed E-state index contributed by atoms with van der Waals surface area (Å²) in [6.07, 6.45) is 4.91. The number of amides is 1. The molecule has 1 unspecified atom stereocenters. The molecule has 2 aromatic heterocycles. The molecule has 164 valence electrons. The molecule has 4 aromatic rings. The minimum Gasteiger partial charge on any atom is -0.497 e. The highest BCUT2D eigenvalue weighted by atomic mass is 32.1. The lowest BCUT2D eigenvalue weighted by Crippen LogP contribution is -2.30. The number of imidazole rings is 1. The maximum atomic E-state index is 14.1. The quantitative estimate of drug-likeness (QED) is 0.454. The maximum absolute atomic E-state index is 14.1. The van der Waals surface area contributed by atoms with Crippen molar-refractivity contribution in [1.82, 2.24) is 19.9 Å². The fourth-order valence-corrected chi connectivity index (χ4v) is 4.14. The number of aromatic nitrogens is 3. The van der Waals surface area contributed by atoms with Crippen molar-refractivity contribution in [2.24, 2.45) is 7.05 Å². The summed E-state index contributed by atoms with van der Waals surface area (Å²) in [5, 5.41) is 3.45. The highest BCUT2D eigenvalue weighted by Gasteiger charge is 2.24. The first-order valence-electron chi connectivity index (χ1n) is 9.72. The van der Waals surface area contributed by atoms with Gasteiger partial charge in [0.05, 0.1) is 20.4 Å². The van der Waals surface area contributed by atoms with Gasteiger partial charge in [-0.25, -0.2) is 14.4 Å². The van der Waals surface area contributed by atoms with Gasteiger partial charge in [0, 0.05) is 31.1 Å². The maximum Gasteiger partial charge on any atom is 0.263 e. The van der Waals surface area contributed by atoms with Crippen molar-refractivity contribution in [2.75, 3.05) is 14.2 Å². The number of nitrogens with zero attached hydrogens (tertiary/aromatic N) is 3. The molecule has 2 aromatic carbocycles. The second-order valence-corrected chi connectivity index (χ2v) is 7.99. The summed E-state index contributed by atoms with van der Waals surface area (Å²) in [6, 6.07) is 11.2. The standard InChI is InChI=1S/C23H21FN4O3S/c1-28-9-8-25-21(28)20(14-10-15(30-2)12-16(11-14)31-3)27-22(29)19-13-26-23(32-19)17-6-4-5-7-18(17)24/h4-13,20H,1-3H3,(H,27,29). The Bertz CT molecular complexity index is 1230. The monoisotopic (exact) mass is 452 g/mol. The molecule has 1 N–H and O–H groups in total. The average molecular weight is 453 g/mol. The van der Waals surface area contributed by atoms with Crippen LogP contribution < -0.4 is 14.8 Å². The van der Waals surface area contributed by atoms with Crippen LogP contribution in [0.2, 0.25) is 0 Å². The minimum atomic E-state index is -0.578. The zero-order valence-corrected chi connectivity index (χ0v) is 18.5. The first-order valence-corrected chi connectivity index (χ1v) is 10.5. The van der Waals surface area contributed by atoms with Crippen LogP contribution in [0.5, 0.6) is 11.5 Å². The van der Waals surface area contributed by atoms with Crippen LogP contribution in [0.15, 0.2) is 61.1 Å². The Labute approximate surface area is 188 Å². The lowest BCUT2D eigenvalue weighted by Gasteiger charge is -2.20. The van der Waals surface area contributed by atoms with Crippen molar-refractivity contribution in [3.63, 3.8) is 0 Å².